The van der Waals surface area contributed by atoms with E-state index in [-0.39, 0.29) is 18.9 Å². The average molecular weight is 602 g/mol. The van der Waals surface area contributed by atoms with E-state index in [4.69, 9.17) is 21.7 Å². The third-order valence-electron chi connectivity index (χ3n) is 7.53. The minimum atomic E-state index is -0.903. The fraction of sp³-hybridized carbons (Fsp3) is 0.588. The highest BCUT2D eigenvalue weighted by Gasteiger charge is 2.49. The van der Waals surface area contributed by atoms with Crippen LogP contribution in [-0.4, -0.2) is 52.8 Å². The number of carboxylic acid groups (broad SMARTS) is 1. The molecular formula is C34H52ClN3O4. The van der Waals surface area contributed by atoms with E-state index in [1.165, 1.54) is 17.5 Å². The highest BCUT2D eigenvalue weighted by Crippen LogP contribution is 2.46. The van der Waals surface area contributed by atoms with Gasteiger partial charge in [0.15, 0.2) is 0 Å². The quantitative estimate of drug-likeness (QED) is 0.174. The van der Waals surface area contributed by atoms with Crippen LogP contribution in [0.25, 0.3) is 0 Å². The zero-order valence-electron chi connectivity index (χ0n) is 26.9. The molecule has 1 aliphatic carbocycles. The molecule has 0 radical (unpaired) electrons. The Hall–Kier alpha value is -2.93. The number of benzene rings is 1. The molecule has 0 bridgehead atoms. The van der Waals surface area contributed by atoms with Gasteiger partial charge in [-0.2, -0.15) is 0 Å². The molecule has 0 aromatic heterocycles. The van der Waals surface area contributed by atoms with E-state index in [2.05, 4.69) is 76.0 Å². The highest BCUT2D eigenvalue weighted by atomic mass is 35.5. The molecule has 1 aromatic carbocycles. The smallest absolute Gasteiger partial charge is 0.305 e. The van der Waals surface area contributed by atoms with Crippen molar-refractivity contribution in [2.75, 3.05) is 13.1 Å². The molecule has 0 atom stereocenters. The molecule has 2 aliphatic rings. The van der Waals surface area contributed by atoms with Crippen LogP contribution in [0, 0.1) is 18.3 Å². The van der Waals surface area contributed by atoms with Crippen molar-refractivity contribution < 1.29 is 19.5 Å². The molecular weight excluding hydrogens is 550 g/mol. The van der Waals surface area contributed by atoms with Gasteiger partial charge in [0.05, 0.1) is 6.42 Å². The number of aliphatic imine (C=N–C) groups is 1. The molecule has 3 rings (SSSR count). The van der Waals surface area contributed by atoms with Gasteiger partial charge < -0.3 is 15.3 Å². The number of nitrogens with zero attached hydrogens (tertiary/aromatic N) is 2. The Morgan fingerprint density at radius 2 is 1.71 bits per heavy atom. The van der Waals surface area contributed by atoms with Crippen LogP contribution < -0.4 is 5.32 Å². The molecule has 2 amide bonds. The molecule has 234 valence electrons. The summed E-state index contributed by atoms with van der Waals surface area (Å²) in [6, 6.07) is 8.61. The molecule has 1 aromatic rings. The van der Waals surface area contributed by atoms with E-state index in [1.807, 2.05) is 26.0 Å². The van der Waals surface area contributed by atoms with Crippen molar-refractivity contribution in [3.63, 3.8) is 0 Å². The number of aryl methyl sites for hydroxylation is 1. The molecule has 1 aliphatic heterocycles. The van der Waals surface area contributed by atoms with E-state index in [9.17, 15) is 14.4 Å². The van der Waals surface area contributed by atoms with Crippen molar-refractivity contribution in [3.8, 4) is 0 Å². The molecule has 1 heterocycles. The van der Waals surface area contributed by atoms with Crippen LogP contribution >= 0.6 is 11.6 Å². The summed E-state index contributed by atoms with van der Waals surface area (Å²) in [7, 11) is 0. The maximum Gasteiger partial charge on any atom is 0.305 e. The van der Waals surface area contributed by atoms with Crippen molar-refractivity contribution in [2.24, 2.45) is 16.3 Å². The number of halogens is 1. The van der Waals surface area contributed by atoms with Crippen LogP contribution in [0.3, 0.4) is 0 Å². The van der Waals surface area contributed by atoms with Gasteiger partial charge in [0.2, 0.25) is 6.41 Å². The Morgan fingerprint density at radius 1 is 1.14 bits per heavy atom. The first-order valence-corrected chi connectivity index (χ1v) is 15.5. The minimum absolute atomic E-state index is 0.0151. The standard InChI is InChI=1S/C27H37ClN2O.C4H7NO3.C3H8/c1-19-7-11-22(12-8-19)15-18-30-25(31)24(20(2)9-10-21(3)28)29-27(30)16-13-23(14-17-27)26(4,5)6;6-3-5-2-1-4(7)8;1-3-2/h7-12,23H,13-18H2,1-6H3;3H,1-2H2,(H,5,6)(H,7,8);3H2,1-2H3/b20-9+,21-10+;;. The second kappa shape index (κ2) is 17.9. The van der Waals surface area contributed by atoms with Crippen molar-refractivity contribution >= 4 is 35.6 Å². The Kier molecular flexibility index (Phi) is 15.8. The molecule has 1 spiro atoms. The molecule has 7 nitrogen and oxygen atoms in total. The Morgan fingerprint density at radius 3 is 2.19 bits per heavy atom. The second-order valence-electron chi connectivity index (χ2n) is 12.3. The van der Waals surface area contributed by atoms with Crippen LogP contribution in [-0.2, 0) is 20.8 Å². The Balaban J connectivity index is 0.000000684. The van der Waals surface area contributed by atoms with E-state index in [0.717, 1.165) is 37.7 Å². The number of hydrogen-bond donors (Lipinski definition) is 2. The molecule has 1 fully saturated rings. The van der Waals surface area contributed by atoms with Gasteiger partial charge in [-0.15, -0.1) is 0 Å². The SMILES string of the molecule is C/C(Cl)=C\C=C(/C)C1=NC2(CCC(C(C)(C)C)CC2)N(CCc2ccc(C)cc2)C1=O.CCC.O=CNCCC(=O)O. The van der Waals surface area contributed by atoms with Gasteiger partial charge in [-0.25, -0.2) is 0 Å². The lowest BCUT2D eigenvalue weighted by atomic mass is 9.69. The van der Waals surface area contributed by atoms with Crippen LogP contribution in [0.5, 0.6) is 0 Å². The Bertz CT molecular complexity index is 1100. The second-order valence-corrected chi connectivity index (χ2v) is 12.9. The predicted octanol–water partition coefficient (Wildman–Crippen LogP) is 7.47. The van der Waals surface area contributed by atoms with Gasteiger partial charge >= 0.3 is 5.97 Å². The topological polar surface area (TPSA) is 99.1 Å². The number of allylic oxidation sites excluding steroid dienone is 3. The number of carbonyl (C=O) groups is 3. The van der Waals surface area contributed by atoms with Gasteiger partial charge in [-0.05, 0) is 81.4 Å². The van der Waals surface area contributed by atoms with Crippen molar-refractivity contribution in [1.82, 2.24) is 10.2 Å². The molecule has 0 unspecified atom stereocenters. The molecule has 2 N–H and O–H groups in total. The van der Waals surface area contributed by atoms with E-state index < -0.39 is 11.6 Å². The maximum absolute atomic E-state index is 13.5. The van der Waals surface area contributed by atoms with Crippen molar-refractivity contribution in [3.05, 3.63) is 58.1 Å². The van der Waals surface area contributed by atoms with Gasteiger partial charge in [0.25, 0.3) is 5.91 Å². The first-order valence-electron chi connectivity index (χ1n) is 15.1. The number of rotatable bonds is 9. The highest BCUT2D eigenvalue weighted by molar-refractivity contribution is 6.46. The lowest BCUT2D eigenvalue weighted by molar-refractivity contribution is -0.137. The minimum Gasteiger partial charge on any atom is -0.481 e. The summed E-state index contributed by atoms with van der Waals surface area (Å²) < 4.78 is 0. The van der Waals surface area contributed by atoms with Crippen LogP contribution in [0.1, 0.15) is 98.1 Å². The number of aliphatic carboxylic acids is 1. The summed E-state index contributed by atoms with van der Waals surface area (Å²) in [6.07, 6.45) is 10.4. The Labute approximate surface area is 258 Å². The first kappa shape index (κ1) is 37.1. The van der Waals surface area contributed by atoms with Crippen LogP contribution in [0.4, 0.5) is 0 Å². The zero-order valence-corrected chi connectivity index (χ0v) is 27.7. The van der Waals surface area contributed by atoms with Crippen LogP contribution in [0.15, 0.2) is 52.0 Å². The fourth-order valence-corrected chi connectivity index (χ4v) is 5.14. The summed E-state index contributed by atoms with van der Waals surface area (Å²) in [5, 5.41) is 10.9. The normalized spacial score (nSPS) is 20.7. The summed E-state index contributed by atoms with van der Waals surface area (Å²) >= 11 is 6.00. The number of carboxylic acids is 1. The molecule has 8 heteroatoms. The van der Waals surface area contributed by atoms with Gasteiger partial charge in [-0.3, -0.25) is 19.4 Å². The number of hydrogen-bond acceptors (Lipinski definition) is 4. The number of amides is 2. The third kappa shape index (κ3) is 12.1. The molecule has 0 saturated heterocycles. The monoisotopic (exact) mass is 601 g/mol. The van der Waals surface area contributed by atoms with E-state index >= 15 is 0 Å². The summed E-state index contributed by atoms with van der Waals surface area (Å²) in [4.78, 5) is 39.9. The predicted molar refractivity (Wildman–Crippen MR) is 174 cm³/mol. The van der Waals surface area contributed by atoms with E-state index in [0.29, 0.717) is 35.0 Å². The lowest BCUT2D eigenvalue weighted by Crippen LogP contribution is -2.50. The largest absolute Gasteiger partial charge is 0.481 e. The zero-order chi connectivity index (χ0) is 31.9. The molecule has 1 saturated carbocycles. The van der Waals surface area contributed by atoms with Crippen LogP contribution in [0.2, 0.25) is 0 Å². The maximum atomic E-state index is 13.5. The first-order chi connectivity index (χ1) is 19.7. The third-order valence-corrected chi connectivity index (χ3v) is 7.65. The summed E-state index contributed by atoms with van der Waals surface area (Å²) in [6.45, 7) is 18.0. The van der Waals surface area contributed by atoms with E-state index in [1.54, 1.807) is 0 Å². The van der Waals surface area contributed by atoms with Gasteiger partial charge in [0, 0.05) is 18.1 Å². The lowest BCUT2D eigenvalue weighted by Gasteiger charge is -2.45. The van der Waals surface area contributed by atoms with Gasteiger partial charge in [0.1, 0.15) is 11.4 Å². The number of nitrogens with one attached hydrogen (secondary N) is 1. The average Bonchev–Trinajstić information content (AvgIpc) is 3.18. The molecule has 42 heavy (non-hydrogen) atoms. The van der Waals surface area contributed by atoms with Gasteiger partial charge in [-0.1, -0.05) is 88.5 Å². The summed E-state index contributed by atoms with van der Waals surface area (Å²) in [5.41, 5.74) is 3.91. The van der Waals surface area contributed by atoms with Crippen molar-refractivity contribution in [2.45, 2.75) is 106 Å². The fourth-order valence-electron chi connectivity index (χ4n) is 5.08. The summed E-state index contributed by atoms with van der Waals surface area (Å²) in [5.74, 6) is -0.167. The van der Waals surface area contributed by atoms with Crippen molar-refractivity contribution in [1.29, 1.82) is 0 Å². The number of carbonyl (C=O) groups excluding carboxylic acids is 2.